The molecule has 1 N–H and O–H groups in total. The molecule has 0 saturated heterocycles. The van der Waals surface area contributed by atoms with E-state index < -0.39 is 0 Å². The Hall–Kier alpha value is -1.28. The van der Waals surface area contributed by atoms with Gasteiger partial charge in [-0.1, -0.05) is 31.9 Å². The summed E-state index contributed by atoms with van der Waals surface area (Å²) in [7, 11) is 0. The molecule has 2 aromatic rings. The maximum atomic E-state index is 3.58. The van der Waals surface area contributed by atoms with E-state index in [1.54, 1.807) is 0 Å². The average Bonchev–Trinajstić information content (AvgIpc) is 2.88. The second-order valence-corrected chi connectivity index (χ2v) is 6.79. The van der Waals surface area contributed by atoms with Crippen molar-refractivity contribution in [2.75, 3.05) is 5.32 Å². The van der Waals surface area contributed by atoms with Gasteiger partial charge in [-0.2, -0.15) is 0 Å². The van der Waals surface area contributed by atoms with Crippen LogP contribution in [0.25, 0.3) is 0 Å². The summed E-state index contributed by atoms with van der Waals surface area (Å²) in [6.07, 6.45) is 5.12. The molecule has 2 rings (SSSR count). The van der Waals surface area contributed by atoms with Crippen LogP contribution in [0.2, 0.25) is 0 Å². The van der Waals surface area contributed by atoms with Gasteiger partial charge in [-0.15, -0.1) is 11.3 Å². The lowest BCUT2D eigenvalue weighted by Crippen LogP contribution is -2.04. The van der Waals surface area contributed by atoms with E-state index in [1.807, 2.05) is 11.3 Å². The Morgan fingerprint density at radius 1 is 1.05 bits per heavy atom. The van der Waals surface area contributed by atoms with Crippen molar-refractivity contribution in [1.29, 1.82) is 0 Å². The van der Waals surface area contributed by atoms with Crippen molar-refractivity contribution in [2.45, 2.75) is 52.5 Å². The molecule has 0 saturated carbocycles. The quantitative estimate of drug-likeness (QED) is 0.619. The Kier molecular flexibility index (Phi) is 5.66. The Balaban J connectivity index is 1.90. The second-order valence-electron chi connectivity index (χ2n) is 5.47. The molecule has 108 valence electrons. The zero-order valence-corrected chi connectivity index (χ0v) is 13.6. The molecule has 1 unspecified atom stereocenters. The Bertz CT molecular complexity index is 512. The van der Waals surface area contributed by atoms with E-state index in [-0.39, 0.29) is 0 Å². The van der Waals surface area contributed by atoms with E-state index >= 15 is 0 Å². The van der Waals surface area contributed by atoms with Gasteiger partial charge in [0, 0.05) is 15.4 Å². The smallest absolute Gasteiger partial charge is 0.0578 e. The molecule has 1 heterocycles. The van der Waals surface area contributed by atoms with Crippen LogP contribution in [0.5, 0.6) is 0 Å². The first-order valence-corrected chi connectivity index (χ1v) is 8.42. The minimum atomic E-state index is 0.375. The number of aryl methyl sites for hydroxylation is 2. The van der Waals surface area contributed by atoms with Crippen molar-refractivity contribution in [3.8, 4) is 0 Å². The molecular formula is C18H25NS. The molecule has 0 aliphatic carbocycles. The van der Waals surface area contributed by atoms with Crippen molar-refractivity contribution < 1.29 is 0 Å². The highest BCUT2D eigenvalue weighted by Crippen LogP contribution is 2.25. The fourth-order valence-electron chi connectivity index (χ4n) is 2.35. The molecule has 0 fully saturated rings. The highest BCUT2D eigenvalue weighted by molar-refractivity contribution is 7.12. The first kappa shape index (κ1) is 15.1. The molecule has 1 atom stereocenters. The van der Waals surface area contributed by atoms with Crippen LogP contribution in [-0.2, 0) is 6.42 Å². The molecule has 0 aliphatic rings. The van der Waals surface area contributed by atoms with Gasteiger partial charge in [0.25, 0.3) is 0 Å². The first-order chi connectivity index (χ1) is 9.69. The lowest BCUT2D eigenvalue weighted by molar-refractivity contribution is 0.717. The number of hydrogen-bond donors (Lipinski definition) is 1. The Morgan fingerprint density at radius 3 is 2.40 bits per heavy atom. The molecule has 0 amide bonds. The molecule has 1 aromatic carbocycles. The number of thiophene rings is 1. The molecule has 20 heavy (non-hydrogen) atoms. The standard InChI is InChI=1S/C18H25NS/c1-4-5-6-7-16-9-11-17(12-10-16)19-15(3)18-13-8-14(2)20-18/h8-13,15,19H,4-7H2,1-3H3. The molecule has 2 heteroatoms. The van der Waals surface area contributed by atoms with E-state index in [4.69, 9.17) is 0 Å². The van der Waals surface area contributed by atoms with Crippen LogP contribution in [0.1, 0.15) is 54.5 Å². The number of nitrogens with one attached hydrogen (secondary N) is 1. The molecule has 0 bridgehead atoms. The maximum absolute atomic E-state index is 3.58. The zero-order valence-electron chi connectivity index (χ0n) is 12.8. The number of hydrogen-bond acceptors (Lipinski definition) is 2. The topological polar surface area (TPSA) is 12.0 Å². The van der Waals surface area contributed by atoms with E-state index in [9.17, 15) is 0 Å². The summed E-state index contributed by atoms with van der Waals surface area (Å²) in [5, 5.41) is 3.58. The number of anilines is 1. The van der Waals surface area contributed by atoms with Crippen molar-refractivity contribution >= 4 is 17.0 Å². The third kappa shape index (κ3) is 4.38. The van der Waals surface area contributed by atoms with Crippen LogP contribution in [0.15, 0.2) is 36.4 Å². The minimum absolute atomic E-state index is 0.375. The summed E-state index contributed by atoms with van der Waals surface area (Å²) in [6, 6.07) is 13.7. The van der Waals surface area contributed by atoms with Crippen LogP contribution in [0, 0.1) is 6.92 Å². The fraction of sp³-hybridized carbons (Fsp3) is 0.444. The molecular weight excluding hydrogens is 262 g/mol. The van der Waals surface area contributed by atoms with Gasteiger partial charge in [0.15, 0.2) is 0 Å². The van der Waals surface area contributed by atoms with Gasteiger partial charge < -0.3 is 5.32 Å². The van der Waals surface area contributed by atoms with Gasteiger partial charge in [-0.25, -0.2) is 0 Å². The highest BCUT2D eigenvalue weighted by atomic mass is 32.1. The molecule has 0 radical (unpaired) electrons. The summed E-state index contributed by atoms with van der Waals surface area (Å²) in [5.41, 5.74) is 2.66. The molecule has 0 spiro atoms. The third-order valence-electron chi connectivity index (χ3n) is 3.59. The second kappa shape index (κ2) is 7.49. The summed E-state index contributed by atoms with van der Waals surface area (Å²) in [4.78, 5) is 2.77. The van der Waals surface area contributed by atoms with Crippen molar-refractivity contribution in [3.63, 3.8) is 0 Å². The van der Waals surface area contributed by atoms with E-state index in [0.717, 1.165) is 0 Å². The fourth-order valence-corrected chi connectivity index (χ4v) is 3.23. The number of rotatable bonds is 7. The van der Waals surface area contributed by atoms with Crippen molar-refractivity contribution in [2.24, 2.45) is 0 Å². The van der Waals surface area contributed by atoms with Gasteiger partial charge in [0.1, 0.15) is 0 Å². The largest absolute Gasteiger partial charge is 0.378 e. The molecule has 0 aliphatic heterocycles. The van der Waals surface area contributed by atoms with Crippen LogP contribution < -0.4 is 5.32 Å². The van der Waals surface area contributed by atoms with Crippen LogP contribution in [0.3, 0.4) is 0 Å². The summed E-state index contributed by atoms with van der Waals surface area (Å²) in [5.74, 6) is 0. The normalized spacial score (nSPS) is 12.3. The third-order valence-corrected chi connectivity index (χ3v) is 4.78. The Labute approximate surface area is 127 Å². The Morgan fingerprint density at radius 2 is 1.80 bits per heavy atom. The van der Waals surface area contributed by atoms with Gasteiger partial charge in [-0.05, 0) is 56.5 Å². The van der Waals surface area contributed by atoms with E-state index in [0.29, 0.717) is 6.04 Å². The SMILES string of the molecule is CCCCCc1ccc(NC(C)c2ccc(C)s2)cc1. The van der Waals surface area contributed by atoms with Crippen molar-refractivity contribution in [1.82, 2.24) is 0 Å². The summed E-state index contributed by atoms with van der Waals surface area (Å²) in [6.45, 7) is 6.63. The predicted molar refractivity (Wildman–Crippen MR) is 90.8 cm³/mol. The number of benzene rings is 1. The monoisotopic (exact) mass is 287 g/mol. The van der Waals surface area contributed by atoms with Crippen molar-refractivity contribution in [3.05, 3.63) is 51.7 Å². The van der Waals surface area contributed by atoms with Gasteiger partial charge in [0.2, 0.25) is 0 Å². The molecule has 1 nitrogen and oxygen atoms in total. The number of unbranched alkanes of at least 4 members (excludes halogenated alkanes) is 2. The van der Waals surface area contributed by atoms with Gasteiger partial charge in [0.05, 0.1) is 6.04 Å². The first-order valence-electron chi connectivity index (χ1n) is 7.61. The van der Waals surface area contributed by atoms with E-state index in [1.165, 1.54) is 46.7 Å². The minimum Gasteiger partial charge on any atom is -0.378 e. The average molecular weight is 287 g/mol. The summed E-state index contributed by atoms with van der Waals surface area (Å²) >= 11 is 1.87. The van der Waals surface area contributed by atoms with Crippen LogP contribution >= 0.6 is 11.3 Å². The lowest BCUT2D eigenvalue weighted by Gasteiger charge is -2.14. The van der Waals surface area contributed by atoms with Gasteiger partial charge >= 0.3 is 0 Å². The maximum Gasteiger partial charge on any atom is 0.0578 e. The summed E-state index contributed by atoms with van der Waals surface area (Å²) < 4.78 is 0. The van der Waals surface area contributed by atoms with Gasteiger partial charge in [-0.3, -0.25) is 0 Å². The predicted octanol–water partition coefficient (Wildman–Crippen LogP) is 5.96. The van der Waals surface area contributed by atoms with Crippen LogP contribution in [-0.4, -0.2) is 0 Å². The molecule has 1 aromatic heterocycles. The van der Waals surface area contributed by atoms with Crippen LogP contribution in [0.4, 0.5) is 5.69 Å². The lowest BCUT2D eigenvalue weighted by atomic mass is 10.1. The highest BCUT2D eigenvalue weighted by Gasteiger charge is 2.07. The van der Waals surface area contributed by atoms with E-state index in [2.05, 4.69) is 62.5 Å². The zero-order chi connectivity index (χ0) is 14.4.